The van der Waals surface area contributed by atoms with Gasteiger partial charge >= 0.3 is 0 Å². The molecule has 5 rings (SSSR count). The van der Waals surface area contributed by atoms with Crippen molar-refractivity contribution in [2.75, 3.05) is 31.1 Å². The standard InChI is InChI=1S/C21H19ClN6O3S2.C7H7NO/c22-16-3-1-15(2-4-16)21(29)26-14-17-5-6-19(32-17)33(30,31)28-11-9-27(10-12-28)20-18(13-23)24-7-8-25-20;8-7(9)6-4-2-1-3-5-6/h1-8H,9-12,14H2,(H,26,29);1-5H,(H2,8,9). The fourth-order valence-corrected chi connectivity index (χ4v) is 6.97. The van der Waals surface area contributed by atoms with E-state index in [9.17, 15) is 23.3 Å². The molecule has 3 heterocycles. The van der Waals surface area contributed by atoms with Crippen LogP contribution in [-0.2, 0) is 16.6 Å². The van der Waals surface area contributed by atoms with Gasteiger partial charge < -0.3 is 16.0 Å². The zero-order valence-electron chi connectivity index (χ0n) is 22.2. The van der Waals surface area contributed by atoms with Gasteiger partial charge in [0.15, 0.2) is 11.5 Å². The largest absolute Gasteiger partial charge is 0.366 e. The van der Waals surface area contributed by atoms with Crippen LogP contribution >= 0.6 is 22.9 Å². The fraction of sp³-hybridized carbons (Fsp3) is 0.179. The number of nitrogens with zero attached hydrogens (tertiary/aromatic N) is 5. The van der Waals surface area contributed by atoms with E-state index >= 15 is 0 Å². The van der Waals surface area contributed by atoms with Crippen LogP contribution in [0, 0.1) is 11.3 Å². The van der Waals surface area contributed by atoms with E-state index in [-0.39, 0.29) is 41.4 Å². The number of nitriles is 1. The summed E-state index contributed by atoms with van der Waals surface area (Å²) >= 11 is 6.97. The molecule has 42 heavy (non-hydrogen) atoms. The minimum absolute atomic E-state index is 0.220. The molecule has 0 aliphatic carbocycles. The number of sulfonamides is 1. The molecule has 2 aromatic carbocycles. The van der Waals surface area contributed by atoms with Crippen LogP contribution in [0.5, 0.6) is 0 Å². The summed E-state index contributed by atoms with van der Waals surface area (Å²) in [6, 6.07) is 20.6. The number of primary amides is 1. The molecule has 216 valence electrons. The fourth-order valence-electron chi connectivity index (χ4n) is 3.97. The first-order valence-electron chi connectivity index (χ1n) is 12.6. The molecule has 0 radical (unpaired) electrons. The summed E-state index contributed by atoms with van der Waals surface area (Å²) in [4.78, 5) is 33.5. The molecule has 1 aliphatic rings. The molecule has 1 saturated heterocycles. The molecule has 0 spiro atoms. The molecule has 0 unspecified atom stereocenters. The number of nitrogens with one attached hydrogen (secondary N) is 1. The van der Waals surface area contributed by atoms with E-state index in [4.69, 9.17) is 17.3 Å². The molecule has 1 aliphatic heterocycles. The highest BCUT2D eigenvalue weighted by Crippen LogP contribution is 2.27. The number of carbonyl (C=O) groups is 2. The lowest BCUT2D eigenvalue weighted by Gasteiger charge is -2.34. The summed E-state index contributed by atoms with van der Waals surface area (Å²) in [6.45, 7) is 1.57. The number of carbonyl (C=O) groups excluding carboxylic acids is 2. The van der Waals surface area contributed by atoms with Gasteiger partial charge in [0.2, 0.25) is 5.91 Å². The van der Waals surface area contributed by atoms with Gasteiger partial charge in [0, 0.05) is 59.6 Å². The van der Waals surface area contributed by atoms with E-state index in [0.29, 0.717) is 35.1 Å². The topological polar surface area (TPSA) is 162 Å². The van der Waals surface area contributed by atoms with Crippen molar-refractivity contribution in [2.45, 2.75) is 10.8 Å². The Bertz CT molecular complexity index is 1680. The van der Waals surface area contributed by atoms with Crippen molar-refractivity contribution < 1.29 is 18.0 Å². The van der Waals surface area contributed by atoms with Gasteiger partial charge in [-0.05, 0) is 48.5 Å². The van der Waals surface area contributed by atoms with Crippen LogP contribution < -0.4 is 16.0 Å². The van der Waals surface area contributed by atoms with Crippen molar-refractivity contribution in [3.05, 3.63) is 106 Å². The van der Waals surface area contributed by atoms with E-state index < -0.39 is 10.0 Å². The Morgan fingerprint density at radius 1 is 0.952 bits per heavy atom. The molecule has 0 saturated carbocycles. The van der Waals surface area contributed by atoms with Crippen LogP contribution in [0.4, 0.5) is 5.82 Å². The first-order chi connectivity index (χ1) is 20.2. The lowest BCUT2D eigenvalue weighted by molar-refractivity contribution is 0.0950. The van der Waals surface area contributed by atoms with Crippen LogP contribution in [0.3, 0.4) is 0 Å². The Balaban J connectivity index is 0.000000385. The first kappa shape index (κ1) is 30.6. The summed E-state index contributed by atoms with van der Waals surface area (Å²) in [7, 11) is -3.66. The van der Waals surface area contributed by atoms with Gasteiger partial charge in [-0.15, -0.1) is 11.3 Å². The number of hydrogen-bond donors (Lipinski definition) is 2. The van der Waals surface area contributed by atoms with Crippen LogP contribution in [0.15, 0.2) is 83.3 Å². The number of thiophene rings is 1. The van der Waals surface area contributed by atoms with Crippen LogP contribution in [0.1, 0.15) is 31.3 Å². The SMILES string of the molecule is N#Cc1nccnc1N1CCN(S(=O)(=O)c2ccc(CNC(=O)c3ccc(Cl)cc3)s2)CC1.NC(=O)c1ccccc1. The maximum atomic E-state index is 13.1. The van der Waals surface area contributed by atoms with Gasteiger partial charge in [-0.3, -0.25) is 9.59 Å². The van der Waals surface area contributed by atoms with Gasteiger partial charge in [-0.2, -0.15) is 9.57 Å². The average Bonchev–Trinajstić information content (AvgIpc) is 3.51. The molecule has 4 aromatic rings. The second kappa shape index (κ2) is 14.0. The zero-order valence-corrected chi connectivity index (χ0v) is 24.6. The minimum atomic E-state index is -3.66. The van der Waals surface area contributed by atoms with E-state index in [0.717, 1.165) is 16.2 Å². The summed E-state index contributed by atoms with van der Waals surface area (Å²) < 4.78 is 27.8. The molecular weight excluding hydrogens is 598 g/mol. The Morgan fingerprint density at radius 2 is 1.62 bits per heavy atom. The van der Waals surface area contributed by atoms with Crippen molar-refractivity contribution >= 4 is 50.6 Å². The van der Waals surface area contributed by atoms with Crippen molar-refractivity contribution in [3.8, 4) is 6.07 Å². The molecule has 11 nitrogen and oxygen atoms in total. The van der Waals surface area contributed by atoms with Gasteiger partial charge in [-0.1, -0.05) is 29.8 Å². The molecule has 2 aromatic heterocycles. The second-order valence-electron chi connectivity index (χ2n) is 8.87. The Morgan fingerprint density at radius 3 is 2.24 bits per heavy atom. The van der Waals surface area contributed by atoms with E-state index in [1.165, 1.54) is 16.7 Å². The highest BCUT2D eigenvalue weighted by atomic mass is 35.5. The lowest BCUT2D eigenvalue weighted by Crippen LogP contribution is -2.49. The third-order valence-electron chi connectivity index (χ3n) is 6.14. The number of amides is 2. The average molecular weight is 624 g/mol. The molecule has 0 atom stereocenters. The van der Waals surface area contributed by atoms with Crippen LogP contribution in [-0.4, -0.2) is 60.7 Å². The minimum Gasteiger partial charge on any atom is -0.366 e. The third-order valence-corrected chi connectivity index (χ3v) is 9.85. The number of benzene rings is 2. The van der Waals surface area contributed by atoms with Gasteiger partial charge in [0.1, 0.15) is 10.3 Å². The summed E-state index contributed by atoms with van der Waals surface area (Å²) in [5, 5.41) is 12.6. The normalized spacial score (nSPS) is 13.4. The number of nitrogens with two attached hydrogens (primary N) is 1. The summed E-state index contributed by atoms with van der Waals surface area (Å²) in [5.74, 6) is -0.177. The van der Waals surface area contributed by atoms with Gasteiger partial charge in [0.05, 0.1) is 6.54 Å². The predicted octanol–water partition coefficient (Wildman–Crippen LogP) is 3.29. The maximum Gasteiger partial charge on any atom is 0.252 e. The van der Waals surface area contributed by atoms with Gasteiger partial charge in [0.25, 0.3) is 15.9 Å². The third kappa shape index (κ3) is 7.68. The zero-order chi connectivity index (χ0) is 30.1. The molecule has 14 heteroatoms. The molecule has 3 N–H and O–H groups in total. The maximum absolute atomic E-state index is 13.1. The first-order valence-corrected chi connectivity index (χ1v) is 15.3. The molecule has 0 bridgehead atoms. The number of anilines is 1. The number of hydrogen-bond acceptors (Lipinski definition) is 9. The highest BCUT2D eigenvalue weighted by Gasteiger charge is 2.31. The van der Waals surface area contributed by atoms with Crippen molar-refractivity contribution in [3.63, 3.8) is 0 Å². The number of aromatic nitrogens is 2. The lowest BCUT2D eigenvalue weighted by atomic mass is 10.2. The number of rotatable bonds is 7. The van der Waals surface area contributed by atoms with Crippen molar-refractivity contribution in [1.82, 2.24) is 19.6 Å². The van der Waals surface area contributed by atoms with E-state index in [1.54, 1.807) is 60.7 Å². The van der Waals surface area contributed by atoms with Crippen molar-refractivity contribution in [1.29, 1.82) is 5.26 Å². The smallest absolute Gasteiger partial charge is 0.252 e. The summed E-state index contributed by atoms with van der Waals surface area (Å²) in [5.41, 5.74) is 6.22. The molecule has 1 fully saturated rings. The van der Waals surface area contributed by atoms with Gasteiger partial charge in [-0.25, -0.2) is 18.4 Å². The van der Waals surface area contributed by atoms with Crippen LogP contribution in [0.2, 0.25) is 5.02 Å². The predicted molar refractivity (Wildman–Crippen MR) is 160 cm³/mol. The molecular formula is C28H26ClN7O4S2. The monoisotopic (exact) mass is 623 g/mol. The van der Waals surface area contributed by atoms with E-state index in [1.807, 2.05) is 17.0 Å². The Kier molecular flexibility index (Phi) is 10.2. The quantitative estimate of drug-likeness (QED) is 0.317. The highest BCUT2D eigenvalue weighted by molar-refractivity contribution is 7.91. The second-order valence-corrected chi connectivity index (χ2v) is 12.6. The van der Waals surface area contributed by atoms with Crippen LogP contribution in [0.25, 0.3) is 0 Å². The number of halogens is 1. The number of piperazine rings is 1. The summed E-state index contributed by atoms with van der Waals surface area (Å²) in [6.07, 6.45) is 2.97. The van der Waals surface area contributed by atoms with E-state index in [2.05, 4.69) is 15.3 Å². The Hall–Kier alpha value is -4.35. The van der Waals surface area contributed by atoms with Crippen molar-refractivity contribution in [2.24, 2.45) is 5.73 Å². The molecule has 2 amide bonds. The Labute approximate surface area is 252 Å².